The zero-order valence-electron chi connectivity index (χ0n) is 8.75. The second-order valence-electron chi connectivity index (χ2n) is 4.02. The second kappa shape index (κ2) is 3.19. The van der Waals surface area contributed by atoms with E-state index in [1.54, 1.807) is 6.33 Å². The molecule has 0 saturated heterocycles. The lowest BCUT2D eigenvalue weighted by Gasteiger charge is -2.18. The SMILES string of the molecule is Cc1ncnc2cc3c(cc12)NCCC3. The zero-order valence-corrected chi connectivity index (χ0v) is 8.75. The van der Waals surface area contributed by atoms with Crippen molar-refractivity contribution >= 4 is 16.6 Å². The Morgan fingerprint density at radius 3 is 3.13 bits per heavy atom. The quantitative estimate of drug-likeness (QED) is 0.707. The maximum Gasteiger partial charge on any atom is 0.116 e. The molecule has 3 rings (SSSR count). The predicted molar refractivity (Wildman–Crippen MR) is 61.1 cm³/mol. The van der Waals surface area contributed by atoms with Crippen molar-refractivity contribution in [2.24, 2.45) is 0 Å². The molecule has 1 aromatic carbocycles. The van der Waals surface area contributed by atoms with Crippen LogP contribution in [0, 0.1) is 6.92 Å². The van der Waals surface area contributed by atoms with Gasteiger partial charge in [0.05, 0.1) is 5.52 Å². The summed E-state index contributed by atoms with van der Waals surface area (Å²) in [4.78, 5) is 8.53. The number of fused-ring (bicyclic) bond motifs is 2. The molecule has 0 atom stereocenters. The molecule has 3 nitrogen and oxygen atoms in total. The van der Waals surface area contributed by atoms with Gasteiger partial charge in [0, 0.05) is 23.3 Å². The highest BCUT2D eigenvalue weighted by atomic mass is 14.9. The van der Waals surface area contributed by atoms with Crippen LogP contribution >= 0.6 is 0 Å². The van der Waals surface area contributed by atoms with E-state index >= 15 is 0 Å². The van der Waals surface area contributed by atoms with Crippen molar-refractivity contribution in [3.05, 3.63) is 29.7 Å². The molecule has 76 valence electrons. The number of hydrogen-bond acceptors (Lipinski definition) is 3. The molecule has 2 aromatic rings. The molecular formula is C12H13N3. The summed E-state index contributed by atoms with van der Waals surface area (Å²) in [5, 5.41) is 4.58. The first-order valence-corrected chi connectivity index (χ1v) is 5.33. The monoisotopic (exact) mass is 199 g/mol. The van der Waals surface area contributed by atoms with E-state index in [1.807, 2.05) is 6.92 Å². The van der Waals surface area contributed by atoms with E-state index < -0.39 is 0 Å². The number of nitrogens with zero attached hydrogens (tertiary/aromatic N) is 2. The summed E-state index contributed by atoms with van der Waals surface area (Å²) in [6, 6.07) is 4.37. The van der Waals surface area contributed by atoms with Crippen LogP contribution in [0.2, 0.25) is 0 Å². The maximum atomic E-state index is 4.31. The third-order valence-electron chi connectivity index (χ3n) is 3.00. The Kier molecular flexibility index (Phi) is 1.84. The van der Waals surface area contributed by atoms with E-state index in [0.29, 0.717) is 0 Å². The molecule has 0 spiro atoms. The average molecular weight is 199 g/mol. The summed E-state index contributed by atoms with van der Waals surface area (Å²) in [6.07, 6.45) is 4.00. The van der Waals surface area contributed by atoms with Gasteiger partial charge >= 0.3 is 0 Å². The van der Waals surface area contributed by atoms with Crippen molar-refractivity contribution in [1.82, 2.24) is 9.97 Å². The highest BCUT2D eigenvalue weighted by molar-refractivity contribution is 5.86. The van der Waals surface area contributed by atoms with Crippen LogP contribution < -0.4 is 5.32 Å². The summed E-state index contributed by atoms with van der Waals surface area (Å²) in [6.45, 7) is 3.10. The molecular weight excluding hydrogens is 186 g/mol. The standard InChI is InChI=1S/C12H13N3/c1-8-10-6-11-9(3-2-4-13-11)5-12(10)15-7-14-8/h5-7,13H,2-4H2,1H3. The molecule has 0 amide bonds. The molecule has 0 radical (unpaired) electrons. The Bertz CT molecular complexity index is 520. The van der Waals surface area contributed by atoms with Gasteiger partial charge in [-0.3, -0.25) is 0 Å². The van der Waals surface area contributed by atoms with Gasteiger partial charge in [-0.1, -0.05) is 0 Å². The first-order chi connectivity index (χ1) is 7.34. The highest BCUT2D eigenvalue weighted by Crippen LogP contribution is 2.27. The van der Waals surface area contributed by atoms with E-state index in [9.17, 15) is 0 Å². The lowest BCUT2D eigenvalue weighted by atomic mass is 10.0. The number of benzene rings is 1. The zero-order chi connectivity index (χ0) is 10.3. The minimum atomic E-state index is 1.05. The molecule has 0 fully saturated rings. The number of aromatic nitrogens is 2. The van der Waals surface area contributed by atoms with Crippen LogP contribution in [-0.2, 0) is 6.42 Å². The van der Waals surface area contributed by atoms with Crippen LogP contribution in [0.3, 0.4) is 0 Å². The fourth-order valence-corrected chi connectivity index (χ4v) is 2.15. The molecule has 0 unspecified atom stereocenters. The van der Waals surface area contributed by atoms with Crippen LogP contribution in [-0.4, -0.2) is 16.5 Å². The van der Waals surface area contributed by atoms with Crippen LogP contribution in [0.4, 0.5) is 5.69 Å². The molecule has 1 aromatic heterocycles. The van der Waals surface area contributed by atoms with Gasteiger partial charge in [-0.15, -0.1) is 0 Å². The number of anilines is 1. The molecule has 0 aliphatic carbocycles. The Morgan fingerprint density at radius 1 is 1.27 bits per heavy atom. The predicted octanol–water partition coefficient (Wildman–Crippen LogP) is 2.30. The van der Waals surface area contributed by atoms with Crippen molar-refractivity contribution in [2.75, 3.05) is 11.9 Å². The van der Waals surface area contributed by atoms with E-state index in [0.717, 1.165) is 29.6 Å². The van der Waals surface area contributed by atoms with Gasteiger partial charge in [-0.05, 0) is 37.5 Å². The van der Waals surface area contributed by atoms with E-state index in [2.05, 4.69) is 27.4 Å². The Morgan fingerprint density at radius 2 is 2.20 bits per heavy atom. The van der Waals surface area contributed by atoms with Crippen LogP contribution in [0.15, 0.2) is 18.5 Å². The summed E-state index contributed by atoms with van der Waals surface area (Å²) in [5.74, 6) is 0. The topological polar surface area (TPSA) is 37.8 Å². The fourth-order valence-electron chi connectivity index (χ4n) is 2.15. The minimum absolute atomic E-state index is 1.05. The molecule has 0 bridgehead atoms. The molecule has 15 heavy (non-hydrogen) atoms. The van der Waals surface area contributed by atoms with Gasteiger partial charge in [0.15, 0.2) is 0 Å². The number of nitrogens with one attached hydrogen (secondary N) is 1. The van der Waals surface area contributed by atoms with Crippen LogP contribution in [0.25, 0.3) is 10.9 Å². The van der Waals surface area contributed by atoms with Gasteiger partial charge in [-0.2, -0.15) is 0 Å². The Balaban J connectivity index is 2.31. The second-order valence-corrected chi connectivity index (χ2v) is 4.02. The smallest absolute Gasteiger partial charge is 0.116 e. The van der Waals surface area contributed by atoms with Gasteiger partial charge in [-0.25, -0.2) is 9.97 Å². The average Bonchev–Trinajstić information content (AvgIpc) is 2.27. The van der Waals surface area contributed by atoms with Crippen molar-refractivity contribution in [1.29, 1.82) is 0 Å². The third kappa shape index (κ3) is 1.35. The van der Waals surface area contributed by atoms with E-state index in [1.165, 1.54) is 17.7 Å². The van der Waals surface area contributed by atoms with Crippen molar-refractivity contribution in [2.45, 2.75) is 19.8 Å². The summed E-state index contributed by atoms with van der Waals surface area (Å²) >= 11 is 0. The van der Waals surface area contributed by atoms with Crippen LogP contribution in [0.1, 0.15) is 17.7 Å². The fraction of sp³-hybridized carbons (Fsp3) is 0.333. The van der Waals surface area contributed by atoms with Gasteiger partial charge in [0.2, 0.25) is 0 Å². The largest absolute Gasteiger partial charge is 0.385 e. The summed E-state index contributed by atoms with van der Waals surface area (Å²) in [5.41, 5.74) is 4.75. The lowest BCUT2D eigenvalue weighted by Crippen LogP contribution is -2.11. The highest BCUT2D eigenvalue weighted by Gasteiger charge is 2.10. The Hall–Kier alpha value is -1.64. The van der Waals surface area contributed by atoms with Crippen molar-refractivity contribution in [3.8, 4) is 0 Å². The van der Waals surface area contributed by atoms with Gasteiger partial charge in [0.1, 0.15) is 6.33 Å². The Labute approximate surface area is 88.6 Å². The first kappa shape index (κ1) is 8.65. The number of hydrogen-bond donors (Lipinski definition) is 1. The molecule has 3 heteroatoms. The van der Waals surface area contributed by atoms with Gasteiger partial charge in [0.25, 0.3) is 0 Å². The normalized spacial score (nSPS) is 14.7. The van der Waals surface area contributed by atoms with Crippen molar-refractivity contribution < 1.29 is 0 Å². The van der Waals surface area contributed by atoms with Gasteiger partial charge < -0.3 is 5.32 Å². The molecule has 0 saturated carbocycles. The van der Waals surface area contributed by atoms with Crippen LogP contribution in [0.5, 0.6) is 0 Å². The maximum absolute atomic E-state index is 4.31. The summed E-state index contributed by atoms with van der Waals surface area (Å²) < 4.78 is 0. The molecule has 1 aliphatic heterocycles. The van der Waals surface area contributed by atoms with E-state index in [4.69, 9.17) is 0 Å². The third-order valence-corrected chi connectivity index (χ3v) is 3.00. The molecule has 2 heterocycles. The summed E-state index contributed by atoms with van der Waals surface area (Å²) in [7, 11) is 0. The molecule has 1 aliphatic rings. The lowest BCUT2D eigenvalue weighted by molar-refractivity contribution is 0.831. The first-order valence-electron chi connectivity index (χ1n) is 5.33. The minimum Gasteiger partial charge on any atom is -0.385 e. The number of aryl methyl sites for hydroxylation is 2. The molecule has 1 N–H and O–H groups in total. The van der Waals surface area contributed by atoms with Crippen molar-refractivity contribution in [3.63, 3.8) is 0 Å². The number of rotatable bonds is 0. The van der Waals surface area contributed by atoms with E-state index in [-0.39, 0.29) is 0 Å².